The number of benzene rings is 1. The summed E-state index contributed by atoms with van der Waals surface area (Å²) in [5, 5.41) is 5.45. The molecule has 0 radical (unpaired) electrons. The van der Waals surface area contributed by atoms with Gasteiger partial charge in [-0.05, 0) is 55.9 Å². The highest BCUT2D eigenvalue weighted by atomic mass is 16.5. The molecule has 0 aromatic heterocycles. The fraction of sp³-hybridized carbons (Fsp3) is 0.524. The molecule has 2 N–H and O–H groups in total. The number of nitrogens with zero attached hydrogens (tertiary/aromatic N) is 1. The van der Waals surface area contributed by atoms with Gasteiger partial charge in [0.1, 0.15) is 12.1 Å². The number of esters is 1. The summed E-state index contributed by atoms with van der Waals surface area (Å²) in [6.07, 6.45) is 3.29. The Kier molecular flexibility index (Phi) is 5.91. The van der Waals surface area contributed by atoms with E-state index in [4.69, 9.17) is 4.74 Å². The van der Waals surface area contributed by atoms with Crippen molar-refractivity contribution in [1.82, 2.24) is 10.2 Å². The van der Waals surface area contributed by atoms with Crippen molar-refractivity contribution < 1.29 is 23.9 Å². The zero-order valence-corrected chi connectivity index (χ0v) is 17.0. The first-order valence-electron chi connectivity index (χ1n) is 9.89. The van der Waals surface area contributed by atoms with Gasteiger partial charge in [0.25, 0.3) is 11.8 Å². The number of urea groups is 1. The molecule has 1 heterocycles. The first kappa shape index (κ1) is 20.8. The summed E-state index contributed by atoms with van der Waals surface area (Å²) >= 11 is 0. The van der Waals surface area contributed by atoms with E-state index in [0.717, 1.165) is 35.3 Å². The van der Waals surface area contributed by atoms with Gasteiger partial charge in [-0.25, -0.2) is 4.79 Å². The van der Waals surface area contributed by atoms with Crippen LogP contribution in [0.2, 0.25) is 0 Å². The first-order valence-corrected chi connectivity index (χ1v) is 9.89. The Morgan fingerprint density at radius 3 is 2.55 bits per heavy atom. The fourth-order valence-corrected chi connectivity index (χ4v) is 4.20. The lowest BCUT2D eigenvalue weighted by Crippen LogP contribution is -2.54. The Morgan fingerprint density at radius 2 is 1.90 bits per heavy atom. The molecule has 1 aromatic rings. The second-order valence-electron chi connectivity index (χ2n) is 8.02. The average Bonchev–Trinajstić information content (AvgIpc) is 2.87. The van der Waals surface area contributed by atoms with Crippen LogP contribution in [0.5, 0.6) is 0 Å². The molecule has 2 fully saturated rings. The molecule has 1 aliphatic heterocycles. The largest absolute Gasteiger partial charge is 0.454 e. The van der Waals surface area contributed by atoms with Crippen LogP contribution < -0.4 is 10.6 Å². The van der Waals surface area contributed by atoms with E-state index in [1.54, 1.807) is 0 Å². The van der Waals surface area contributed by atoms with Crippen LogP contribution >= 0.6 is 0 Å². The van der Waals surface area contributed by atoms with Crippen molar-refractivity contribution >= 4 is 29.5 Å². The average molecular weight is 401 g/mol. The van der Waals surface area contributed by atoms with Crippen molar-refractivity contribution in [2.45, 2.75) is 52.0 Å². The minimum Gasteiger partial charge on any atom is -0.454 e. The lowest BCUT2D eigenvalue weighted by atomic mass is 9.73. The summed E-state index contributed by atoms with van der Waals surface area (Å²) < 4.78 is 4.97. The highest BCUT2D eigenvalue weighted by Gasteiger charge is 2.55. The summed E-state index contributed by atoms with van der Waals surface area (Å²) in [4.78, 5) is 50.2. The zero-order chi connectivity index (χ0) is 21.2. The molecule has 0 bridgehead atoms. The number of ether oxygens (including phenoxy) is 1. The number of amides is 4. The SMILES string of the molecule is Cc1cc(C)cc(NC(=O)COC(=O)CN2C(=O)N[C@@]3(CCCC[C@H]3C)C2=O)c1. The molecule has 4 amide bonds. The number of hydrogen-bond acceptors (Lipinski definition) is 5. The molecular weight excluding hydrogens is 374 g/mol. The number of aryl methyl sites for hydroxylation is 2. The van der Waals surface area contributed by atoms with Gasteiger partial charge < -0.3 is 15.4 Å². The Morgan fingerprint density at radius 1 is 1.21 bits per heavy atom. The number of nitrogens with one attached hydrogen (secondary N) is 2. The summed E-state index contributed by atoms with van der Waals surface area (Å²) in [5.74, 6) is -1.66. The molecule has 8 heteroatoms. The zero-order valence-electron chi connectivity index (χ0n) is 17.0. The van der Waals surface area contributed by atoms with Crippen molar-refractivity contribution in [2.24, 2.45) is 5.92 Å². The Balaban J connectivity index is 1.53. The number of rotatable bonds is 5. The van der Waals surface area contributed by atoms with Crippen LogP contribution in [-0.4, -0.2) is 47.4 Å². The van der Waals surface area contributed by atoms with E-state index in [0.29, 0.717) is 12.1 Å². The van der Waals surface area contributed by atoms with Crippen molar-refractivity contribution in [2.75, 3.05) is 18.5 Å². The van der Waals surface area contributed by atoms with Crippen LogP contribution in [0, 0.1) is 19.8 Å². The van der Waals surface area contributed by atoms with Gasteiger partial charge in [-0.2, -0.15) is 0 Å². The first-order chi connectivity index (χ1) is 13.7. The standard InChI is InChI=1S/C21H27N3O5/c1-13-8-14(2)10-16(9-13)22-17(25)12-29-18(26)11-24-19(27)21(23-20(24)28)7-5-4-6-15(21)3/h8-10,15H,4-7,11-12H2,1-3H3,(H,22,25)(H,23,28)/t15-,21-/m1/s1. The smallest absolute Gasteiger partial charge is 0.326 e. The normalized spacial score (nSPS) is 23.8. The molecule has 0 unspecified atom stereocenters. The number of anilines is 1. The molecule has 2 aliphatic rings. The molecule has 156 valence electrons. The van der Waals surface area contributed by atoms with E-state index < -0.39 is 36.6 Å². The van der Waals surface area contributed by atoms with Gasteiger partial charge in [-0.1, -0.05) is 25.8 Å². The van der Waals surface area contributed by atoms with E-state index in [2.05, 4.69) is 10.6 Å². The minimum atomic E-state index is -0.921. The van der Waals surface area contributed by atoms with Crippen LogP contribution in [-0.2, 0) is 19.1 Å². The van der Waals surface area contributed by atoms with E-state index in [1.165, 1.54) is 0 Å². The van der Waals surface area contributed by atoms with Gasteiger partial charge in [0.2, 0.25) is 0 Å². The van der Waals surface area contributed by atoms with Gasteiger partial charge in [-0.3, -0.25) is 19.3 Å². The maximum atomic E-state index is 12.8. The Hall–Kier alpha value is -2.90. The molecule has 1 aromatic carbocycles. The Bertz CT molecular complexity index is 832. The molecule has 8 nitrogen and oxygen atoms in total. The van der Waals surface area contributed by atoms with E-state index >= 15 is 0 Å². The van der Waals surface area contributed by atoms with E-state index in [1.807, 2.05) is 39.0 Å². The van der Waals surface area contributed by atoms with Gasteiger partial charge >= 0.3 is 12.0 Å². The number of carbonyl (C=O) groups is 4. The van der Waals surface area contributed by atoms with Gasteiger partial charge in [0.05, 0.1) is 0 Å². The minimum absolute atomic E-state index is 0.0114. The summed E-state index contributed by atoms with van der Waals surface area (Å²) in [7, 11) is 0. The Labute approximate surface area is 170 Å². The molecule has 1 aliphatic carbocycles. The van der Waals surface area contributed by atoms with Crippen LogP contribution in [0.15, 0.2) is 18.2 Å². The van der Waals surface area contributed by atoms with Crippen molar-refractivity contribution in [3.8, 4) is 0 Å². The van der Waals surface area contributed by atoms with E-state index in [-0.39, 0.29) is 11.8 Å². The molecule has 1 spiro atoms. The molecule has 2 atom stereocenters. The molecule has 29 heavy (non-hydrogen) atoms. The van der Waals surface area contributed by atoms with Gasteiger partial charge in [0.15, 0.2) is 6.61 Å². The maximum absolute atomic E-state index is 12.8. The highest BCUT2D eigenvalue weighted by molar-refractivity contribution is 6.09. The quantitative estimate of drug-likeness (QED) is 0.582. The number of carbonyl (C=O) groups excluding carboxylic acids is 4. The summed E-state index contributed by atoms with van der Waals surface area (Å²) in [5.41, 5.74) is 1.70. The maximum Gasteiger partial charge on any atom is 0.326 e. The molecular formula is C21H27N3O5. The molecule has 3 rings (SSSR count). The van der Waals surface area contributed by atoms with Gasteiger partial charge in [0, 0.05) is 5.69 Å². The third-order valence-electron chi connectivity index (χ3n) is 5.66. The summed E-state index contributed by atoms with van der Waals surface area (Å²) in [6, 6.07) is 5.02. The van der Waals surface area contributed by atoms with Crippen LogP contribution in [0.3, 0.4) is 0 Å². The van der Waals surface area contributed by atoms with Crippen molar-refractivity contribution in [1.29, 1.82) is 0 Å². The van der Waals surface area contributed by atoms with Crippen molar-refractivity contribution in [3.05, 3.63) is 29.3 Å². The number of hydrogen-bond donors (Lipinski definition) is 2. The molecule has 1 saturated heterocycles. The highest BCUT2D eigenvalue weighted by Crippen LogP contribution is 2.38. The predicted molar refractivity (Wildman–Crippen MR) is 106 cm³/mol. The third kappa shape index (κ3) is 4.41. The van der Waals surface area contributed by atoms with Crippen LogP contribution in [0.25, 0.3) is 0 Å². The lowest BCUT2D eigenvalue weighted by Gasteiger charge is -2.36. The topological polar surface area (TPSA) is 105 Å². The lowest BCUT2D eigenvalue weighted by molar-refractivity contribution is -0.150. The second kappa shape index (κ2) is 8.23. The predicted octanol–water partition coefficient (Wildman–Crippen LogP) is 2.29. The number of imide groups is 1. The van der Waals surface area contributed by atoms with E-state index in [9.17, 15) is 19.2 Å². The summed E-state index contributed by atoms with van der Waals surface area (Å²) in [6.45, 7) is 4.78. The third-order valence-corrected chi connectivity index (χ3v) is 5.66. The van der Waals surface area contributed by atoms with Crippen molar-refractivity contribution in [3.63, 3.8) is 0 Å². The monoisotopic (exact) mass is 401 g/mol. The molecule has 1 saturated carbocycles. The van der Waals surface area contributed by atoms with Crippen LogP contribution in [0.4, 0.5) is 10.5 Å². The van der Waals surface area contributed by atoms with Gasteiger partial charge in [-0.15, -0.1) is 0 Å². The fourth-order valence-electron chi connectivity index (χ4n) is 4.20. The second-order valence-corrected chi connectivity index (χ2v) is 8.02. The van der Waals surface area contributed by atoms with Crippen LogP contribution in [0.1, 0.15) is 43.7 Å².